The summed E-state index contributed by atoms with van der Waals surface area (Å²) in [7, 11) is 0. The van der Waals surface area contributed by atoms with E-state index in [0.717, 1.165) is 18.8 Å². The molecule has 2 atom stereocenters. The van der Waals surface area contributed by atoms with Gasteiger partial charge in [0.05, 0.1) is 12.1 Å². The monoisotopic (exact) mass is 293 g/mol. The molecule has 0 radical (unpaired) electrons. The molecule has 0 aliphatic carbocycles. The van der Waals surface area contributed by atoms with Gasteiger partial charge in [-0.2, -0.15) is 11.3 Å². The summed E-state index contributed by atoms with van der Waals surface area (Å²) in [6.07, 6.45) is 0.957. The topological polar surface area (TPSA) is 55.6 Å². The van der Waals surface area contributed by atoms with E-state index in [1.807, 2.05) is 4.68 Å². The van der Waals surface area contributed by atoms with Crippen molar-refractivity contribution in [3.05, 3.63) is 28.2 Å². The van der Waals surface area contributed by atoms with Crippen molar-refractivity contribution < 1.29 is 0 Å². The van der Waals surface area contributed by atoms with Gasteiger partial charge in [-0.1, -0.05) is 13.8 Å². The fourth-order valence-electron chi connectivity index (χ4n) is 2.14. The molecule has 0 fully saturated rings. The zero-order valence-corrected chi connectivity index (χ0v) is 13.4. The summed E-state index contributed by atoms with van der Waals surface area (Å²) in [5.41, 5.74) is 1.34. The molecular weight excluding hydrogens is 270 g/mol. The second-order valence-corrected chi connectivity index (χ2v) is 6.47. The predicted octanol–water partition coefficient (Wildman–Crippen LogP) is 2.84. The van der Waals surface area contributed by atoms with Gasteiger partial charge in [0.1, 0.15) is 0 Å². The molecule has 20 heavy (non-hydrogen) atoms. The van der Waals surface area contributed by atoms with Crippen LogP contribution in [0.2, 0.25) is 0 Å². The first-order valence-electron chi connectivity index (χ1n) is 7.10. The lowest BCUT2D eigenvalue weighted by molar-refractivity contribution is 0.413. The Morgan fingerprint density at radius 2 is 2.10 bits per heavy atom. The lowest BCUT2D eigenvalue weighted by Crippen LogP contribution is -2.27. The van der Waals surface area contributed by atoms with Gasteiger partial charge in [0.25, 0.3) is 0 Å². The van der Waals surface area contributed by atoms with Crippen molar-refractivity contribution in [1.29, 1.82) is 0 Å². The molecule has 0 aromatic carbocycles. The van der Waals surface area contributed by atoms with Crippen molar-refractivity contribution in [2.75, 3.05) is 6.54 Å². The van der Waals surface area contributed by atoms with E-state index in [-0.39, 0.29) is 12.1 Å². The van der Waals surface area contributed by atoms with Gasteiger partial charge in [0.15, 0.2) is 5.82 Å². The normalized spacial score (nSPS) is 14.7. The maximum absolute atomic E-state index is 4.19. The van der Waals surface area contributed by atoms with E-state index < -0.39 is 0 Å². The summed E-state index contributed by atoms with van der Waals surface area (Å²) in [5.74, 6) is 1.53. The van der Waals surface area contributed by atoms with Crippen molar-refractivity contribution in [1.82, 2.24) is 25.5 Å². The van der Waals surface area contributed by atoms with Crippen LogP contribution in [-0.2, 0) is 6.42 Å². The molecule has 0 saturated heterocycles. The Balaban J connectivity index is 2.03. The Kier molecular flexibility index (Phi) is 5.25. The van der Waals surface area contributed by atoms with Crippen molar-refractivity contribution in [2.24, 2.45) is 5.92 Å². The Hall–Kier alpha value is -1.27. The van der Waals surface area contributed by atoms with Crippen LogP contribution in [0.1, 0.15) is 51.2 Å². The molecule has 0 spiro atoms. The lowest BCUT2D eigenvalue weighted by atomic mass is 10.1. The quantitative estimate of drug-likeness (QED) is 0.853. The van der Waals surface area contributed by atoms with Crippen molar-refractivity contribution in [3.8, 4) is 0 Å². The van der Waals surface area contributed by atoms with Crippen LogP contribution < -0.4 is 5.32 Å². The number of hydrogen-bond acceptors (Lipinski definition) is 5. The van der Waals surface area contributed by atoms with Crippen LogP contribution >= 0.6 is 11.3 Å². The van der Waals surface area contributed by atoms with Gasteiger partial charge in [-0.15, -0.1) is 5.10 Å². The molecule has 0 bridgehead atoms. The van der Waals surface area contributed by atoms with Crippen LogP contribution in [0.4, 0.5) is 0 Å². The van der Waals surface area contributed by atoms with E-state index >= 15 is 0 Å². The van der Waals surface area contributed by atoms with Crippen LogP contribution in [0.25, 0.3) is 0 Å². The largest absolute Gasteiger partial charge is 0.307 e. The van der Waals surface area contributed by atoms with Gasteiger partial charge >= 0.3 is 0 Å². The van der Waals surface area contributed by atoms with E-state index in [9.17, 15) is 0 Å². The maximum atomic E-state index is 4.19. The second-order valence-electron chi connectivity index (χ2n) is 5.69. The molecule has 2 aromatic rings. The number of nitrogens with one attached hydrogen (secondary N) is 1. The minimum absolute atomic E-state index is 0.164. The minimum Gasteiger partial charge on any atom is -0.307 e. The van der Waals surface area contributed by atoms with Crippen molar-refractivity contribution >= 4 is 11.3 Å². The highest BCUT2D eigenvalue weighted by Gasteiger charge is 2.18. The van der Waals surface area contributed by atoms with Gasteiger partial charge in [0.2, 0.25) is 0 Å². The van der Waals surface area contributed by atoms with Gasteiger partial charge < -0.3 is 5.32 Å². The summed E-state index contributed by atoms with van der Waals surface area (Å²) in [4.78, 5) is 0. The van der Waals surface area contributed by atoms with Gasteiger partial charge in [-0.3, -0.25) is 0 Å². The van der Waals surface area contributed by atoms with Gasteiger partial charge in [-0.25, -0.2) is 4.68 Å². The molecule has 110 valence electrons. The standard InChI is InChI=1S/C14H23N5S/c1-10(2)8-15-12(4)14-16-17-18-19(14)11(3)7-13-5-6-20-9-13/h5-6,9-12,15H,7-8H2,1-4H3. The first-order valence-corrected chi connectivity index (χ1v) is 8.04. The molecule has 0 aliphatic heterocycles. The Morgan fingerprint density at radius 1 is 1.30 bits per heavy atom. The Morgan fingerprint density at radius 3 is 2.75 bits per heavy atom. The highest BCUT2D eigenvalue weighted by Crippen LogP contribution is 2.19. The summed E-state index contributed by atoms with van der Waals surface area (Å²) in [6.45, 7) is 9.63. The van der Waals surface area contributed by atoms with E-state index in [4.69, 9.17) is 0 Å². The van der Waals surface area contributed by atoms with Crippen LogP contribution in [0.5, 0.6) is 0 Å². The molecule has 2 heterocycles. The summed E-state index contributed by atoms with van der Waals surface area (Å²) >= 11 is 1.73. The molecule has 2 unspecified atom stereocenters. The number of nitrogens with zero attached hydrogens (tertiary/aromatic N) is 4. The van der Waals surface area contributed by atoms with E-state index in [1.54, 1.807) is 11.3 Å². The average molecular weight is 293 g/mol. The van der Waals surface area contributed by atoms with E-state index in [1.165, 1.54) is 5.56 Å². The fraction of sp³-hybridized carbons (Fsp3) is 0.643. The zero-order chi connectivity index (χ0) is 14.5. The number of rotatable bonds is 7. The third-order valence-corrected chi connectivity index (χ3v) is 4.00. The first-order chi connectivity index (χ1) is 9.58. The minimum atomic E-state index is 0.164. The molecule has 0 aliphatic rings. The Bertz CT molecular complexity index is 505. The summed E-state index contributed by atoms with van der Waals surface area (Å²) in [5, 5.41) is 20.0. The third kappa shape index (κ3) is 3.86. The molecule has 6 heteroatoms. The number of aromatic nitrogens is 4. The Labute approximate surface area is 124 Å². The van der Waals surface area contributed by atoms with Gasteiger partial charge in [0, 0.05) is 0 Å². The molecule has 2 aromatic heterocycles. The van der Waals surface area contributed by atoms with Crippen molar-refractivity contribution in [2.45, 2.75) is 46.2 Å². The molecular formula is C14H23N5S. The number of thiophene rings is 1. The predicted molar refractivity (Wildman–Crippen MR) is 81.8 cm³/mol. The second kappa shape index (κ2) is 6.95. The van der Waals surface area contributed by atoms with Crippen molar-refractivity contribution in [3.63, 3.8) is 0 Å². The summed E-state index contributed by atoms with van der Waals surface area (Å²) in [6, 6.07) is 2.58. The number of tetrazole rings is 1. The lowest BCUT2D eigenvalue weighted by Gasteiger charge is -2.18. The highest BCUT2D eigenvalue weighted by molar-refractivity contribution is 7.07. The molecule has 2 rings (SSSR count). The summed E-state index contributed by atoms with van der Waals surface area (Å²) < 4.78 is 1.94. The van der Waals surface area contributed by atoms with Crippen LogP contribution in [-0.4, -0.2) is 26.8 Å². The molecule has 5 nitrogen and oxygen atoms in total. The highest BCUT2D eigenvalue weighted by atomic mass is 32.1. The first kappa shape index (κ1) is 15.1. The van der Waals surface area contributed by atoms with Crippen LogP contribution in [0, 0.1) is 5.92 Å². The van der Waals surface area contributed by atoms with Crippen LogP contribution in [0.3, 0.4) is 0 Å². The molecule has 0 amide bonds. The van der Waals surface area contributed by atoms with E-state index in [0.29, 0.717) is 5.92 Å². The maximum Gasteiger partial charge on any atom is 0.168 e. The zero-order valence-electron chi connectivity index (χ0n) is 12.6. The van der Waals surface area contributed by atoms with Gasteiger partial charge in [-0.05, 0) is 65.5 Å². The van der Waals surface area contributed by atoms with E-state index in [2.05, 4.69) is 65.4 Å². The van der Waals surface area contributed by atoms with Crippen LogP contribution in [0.15, 0.2) is 16.8 Å². The fourth-order valence-corrected chi connectivity index (χ4v) is 2.82. The SMILES string of the molecule is CC(C)CNC(C)c1nnnn1C(C)Cc1ccsc1. The molecule has 1 N–H and O–H groups in total. The smallest absolute Gasteiger partial charge is 0.168 e. The number of hydrogen-bond donors (Lipinski definition) is 1. The average Bonchev–Trinajstić information content (AvgIpc) is 3.05. The molecule has 0 saturated carbocycles. The third-order valence-electron chi connectivity index (χ3n) is 3.27.